The lowest BCUT2D eigenvalue weighted by Crippen LogP contribution is -2.51. The second kappa shape index (κ2) is 5.73. The van der Waals surface area contributed by atoms with Crippen LogP contribution in [0, 0.1) is 6.92 Å². The van der Waals surface area contributed by atoms with E-state index in [1.807, 2.05) is 0 Å². The molecule has 1 saturated heterocycles. The number of ether oxygens (including phenoxy) is 1. The predicted molar refractivity (Wildman–Crippen MR) is 67.1 cm³/mol. The van der Waals surface area contributed by atoms with Crippen molar-refractivity contribution in [2.45, 2.75) is 31.8 Å². The highest BCUT2D eigenvalue weighted by molar-refractivity contribution is 5.86. The molecule has 0 radical (unpaired) electrons. The molecule has 2 heterocycles. The molecule has 0 aromatic carbocycles. The topological polar surface area (TPSA) is 91.9 Å². The third-order valence-corrected chi connectivity index (χ3v) is 3.55. The van der Waals surface area contributed by atoms with Crippen molar-refractivity contribution in [1.82, 2.24) is 5.32 Å². The van der Waals surface area contributed by atoms with E-state index >= 15 is 0 Å². The van der Waals surface area contributed by atoms with Crippen LogP contribution in [0.1, 0.15) is 34.7 Å². The summed E-state index contributed by atoms with van der Waals surface area (Å²) in [7, 11) is 0. The van der Waals surface area contributed by atoms with E-state index in [0.717, 1.165) is 12.8 Å². The third-order valence-electron chi connectivity index (χ3n) is 3.55. The van der Waals surface area contributed by atoms with Crippen LogP contribution in [-0.4, -0.2) is 41.5 Å². The number of aliphatic hydroxyl groups excluding tert-OH is 1. The second-order valence-electron chi connectivity index (χ2n) is 4.93. The molecular weight excluding hydrogens is 250 g/mol. The molecule has 0 spiro atoms. The SMILES string of the molecule is Cc1cc(CNC2(CO)CCOCC2)oc1C(=O)O. The van der Waals surface area contributed by atoms with Crippen molar-refractivity contribution in [3.05, 3.63) is 23.2 Å². The number of nitrogens with one attached hydrogen (secondary N) is 1. The van der Waals surface area contributed by atoms with Gasteiger partial charge in [-0.25, -0.2) is 4.79 Å². The Morgan fingerprint density at radius 3 is 2.68 bits per heavy atom. The van der Waals surface area contributed by atoms with E-state index in [1.165, 1.54) is 0 Å². The zero-order chi connectivity index (χ0) is 13.9. The molecule has 1 aromatic rings. The summed E-state index contributed by atoms with van der Waals surface area (Å²) in [5, 5.41) is 21.7. The summed E-state index contributed by atoms with van der Waals surface area (Å²) in [4.78, 5) is 10.9. The van der Waals surface area contributed by atoms with Gasteiger partial charge >= 0.3 is 5.97 Å². The number of aliphatic hydroxyl groups is 1. The maximum Gasteiger partial charge on any atom is 0.372 e. The largest absolute Gasteiger partial charge is 0.475 e. The average Bonchev–Trinajstić information content (AvgIpc) is 2.79. The molecule has 2 rings (SSSR count). The maximum absolute atomic E-state index is 10.9. The molecule has 0 bridgehead atoms. The van der Waals surface area contributed by atoms with E-state index < -0.39 is 5.97 Å². The highest BCUT2D eigenvalue weighted by Gasteiger charge is 2.31. The Kier molecular flexibility index (Phi) is 4.24. The summed E-state index contributed by atoms with van der Waals surface area (Å²) in [6, 6.07) is 1.71. The van der Waals surface area contributed by atoms with E-state index in [0.29, 0.717) is 31.1 Å². The number of carboxylic acid groups (broad SMARTS) is 1. The smallest absolute Gasteiger partial charge is 0.372 e. The molecule has 3 N–H and O–H groups in total. The van der Waals surface area contributed by atoms with Gasteiger partial charge in [-0.05, 0) is 25.8 Å². The number of carbonyl (C=O) groups is 1. The molecule has 0 unspecified atom stereocenters. The van der Waals surface area contributed by atoms with Crippen molar-refractivity contribution in [3.63, 3.8) is 0 Å². The Balaban J connectivity index is 2.01. The van der Waals surface area contributed by atoms with Crippen LogP contribution in [0.5, 0.6) is 0 Å². The van der Waals surface area contributed by atoms with E-state index in [2.05, 4.69) is 5.32 Å². The number of aromatic carboxylic acids is 1. The molecule has 1 aliphatic heterocycles. The van der Waals surface area contributed by atoms with Crippen LogP contribution >= 0.6 is 0 Å². The Morgan fingerprint density at radius 2 is 2.16 bits per heavy atom. The van der Waals surface area contributed by atoms with Gasteiger partial charge in [-0.3, -0.25) is 0 Å². The van der Waals surface area contributed by atoms with Crippen molar-refractivity contribution in [3.8, 4) is 0 Å². The van der Waals surface area contributed by atoms with Gasteiger partial charge < -0.3 is 24.7 Å². The first-order chi connectivity index (χ1) is 9.06. The normalized spacial score (nSPS) is 18.4. The van der Waals surface area contributed by atoms with Gasteiger partial charge in [-0.15, -0.1) is 0 Å². The van der Waals surface area contributed by atoms with Crippen LogP contribution in [0.2, 0.25) is 0 Å². The summed E-state index contributed by atoms with van der Waals surface area (Å²) in [6.45, 7) is 3.36. The van der Waals surface area contributed by atoms with Gasteiger partial charge in [0.15, 0.2) is 0 Å². The summed E-state index contributed by atoms with van der Waals surface area (Å²) in [6.07, 6.45) is 1.46. The van der Waals surface area contributed by atoms with E-state index in [9.17, 15) is 9.90 Å². The number of hydrogen-bond acceptors (Lipinski definition) is 5. The van der Waals surface area contributed by atoms with Gasteiger partial charge in [-0.1, -0.05) is 0 Å². The molecule has 6 nitrogen and oxygen atoms in total. The molecule has 0 saturated carbocycles. The summed E-state index contributed by atoms with van der Waals surface area (Å²) >= 11 is 0. The number of aryl methyl sites for hydroxylation is 1. The van der Waals surface area contributed by atoms with Crippen LogP contribution in [-0.2, 0) is 11.3 Å². The zero-order valence-corrected chi connectivity index (χ0v) is 10.9. The fraction of sp³-hybridized carbons (Fsp3) is 0.615. The summed E-state index contributed by atoms with van der Waals surface area (Å²) in [5.74, 6) is -0.525. The number of rotatable bonds is 5. The lowest BCUT2D eigenvalue weighted by atomic mass is 9.91. The van der Waals surface area contributed by atoms with Crippen molar-refractivity contribution in [2.75, 3.05) is 19.8 Å². The van der Waals surface area contributed by atoms with E-state index in [1.54, 1.807) is 13.0 Å². The minimum Gasteiger partial charge on any atom is -0.475 e. The predicted octanol–water partition coefficient (Wildman–Crippen LogP) is 0.917. The van der Waals surface area contributed by atoms with Gasteiger partial charge in [0.1, 0.15) is 5.76 Å². The van der Waals surface area contributed by atoms with E-state index in [-0.39, 0.29) is 17.9 Å². The van der Waals surface area contributed by atoms with Gasteiger partial charge in [0.25, 0.3) is 0 Å². The minimum absolute atomic E-state index is 0.0261. The molecule has 6 heteroatoms. The molecule has 106 valence electrons. The minimum atomic E-state index is -1.06. The molecular formula is C13H19NO5. The van der Waals surface area contributed by atoms with Crippen molar-refractivity contribution < 1.29 is 24.2 Å². The van der Waals surface area contributed by atoms with E-state index in [4.69, 9.17) is 14.3 Å². The first-order valence-corrected chi connectivity index (χ1v) is 6.32. The standard InChI is InChI=1S/C13H19NO5/c1-9-6-10(19-11(9)12(16)17)7-14-13(8-15)2-4-18-5-3-13/h6,14-15H,2-5,7-8H2,1H3,(H,16,17). The monoisotopic (exact) mass is 269 g/mol. The Hall–Kier alpha value is -1.37. The molecule has 1 fully saturated rings. The first kappa shape index (κ1) is 14.0. The summed E-state index contributed by atoms with van der Waals surface area (Å²) in [5.41, 5.74) is 0.247. The van der Waals surface area contributed by atoms with Gasteiger partial charge in [-0.2, -0.15) is 0 Å². The number of carboxylic acids is 1. The van der Waals surface area contributed by atoms with Crippen molar-refractivity contribution >= 4 is 5.97 Å². The quantitative estimate of drug-likeness (QED) is 0.736. The molecule has 1 aliphatic rings. The second-order valence-corrected chi connectivity index (χ2v) is 4.93. The van der Waals surface area contributed by atoms with Crippen LogP contribution in [0.25, 0.3) is 0 Å². The molecule has 1 aromatic heterocycles. The zero-order valence-electron chi connectivity index (χ0n) is 10.9. The van der Waals surface area contributed by atoms with Crippen LogP contribution < -0.4 is 5.32 Å². The van der Waals surface area contributed by atoms with Crippen molar-refractivity contribution in [2.24, 2.45) is 0 Å². The van der Waals surface area contributed by atoms with Gasteiger partial charge in [0.2, 0.25) is 5.76 Å². The highest BCUT2D eigenvalue weighted by atomic mass is 16.5. The lowest BCUT2D eigenvalue weighted by Gasteiger charge is -2.36. The fourth-order valence-electron chi connectivity index (χ4n) is 2.28. The van der Waals surface area contributed by atoms with Gasteiger partial charge in [0.05, 0.1) is 13.2 Å². The Morgan fingerprint density at radius 1 is 1.47 bits per heavy atom. The first-order valence-electron chi connectivity index (χ1n) is 6.32. The fourth-order valence-corrected chi connectivity index (χ4v) is 2.28. The lowest BCUT2D eigenvalue weighted by molar-refractivity contribution is 0.0104. The number of furan rings is 1. The van der Waals surface area contributed by atoms with Crippen LogP contribution in [0.3, 0.4) is 0 Å². The third kappa shape index (κ3) is 3.15. The highest BCUT2D eigenvalue weighted by Crippen LogP contribution is 2.22. The molecule has 0 aliphatic carbocycles. The van der Waals surface area contributed by atoms with Crippen molar-refractivity contribution in [1.29, 1.82) is 0 Å². The number of hydrogen-bond donors (Lipinski definition) is 3. The Labute approximate surface area is 111 Å². The molecule has 19 heavy (non-hydrogen) atoms. The molecule has 0 amide bonds. The van der Waals surface area contributed by atoms with Crippen LogP contribution in [0.4, 0.5) is 0 Å². The van der Waals surface area contributed by atoms with Gasteiger partial charge in [0, 0.05) is 24.3 Å². The average molecular weight is 269 g/mol. The summed E-state index contributed by atoms with van der Waals surface area (Å²) < 4.78 is 10.6. The maximum atomic E-state index is 10.9. The Bertz CT molecular complexity index is 448. The van der Waals surface area contributed by atoms with Crippen LogP contribution in [0.15, 0.2) is 10.5 Å². The molecule has 0 atom stereocenters.